The van der Waals surface area contributed by atoms with Crippen LogP contribution in [0.5, 0.6) is 0 Å². The Kier molecular flexibility index (Phi) is 3.91. The SMILES string of the molecule is CCc1nc(Cl)cc(NCc2csc(C)n2)n1. The zero-order valence-corrected chi connectivity index (χ0v) is 11.3. The molecule has 0 aliphatic heterocycles. The van der Waals surface area contributed by atoms with E-state index in [1.807, 2.05) is 19.2 Å². The fourth-order valence-corrected chi connectivity index (χ4v) is 2.20. The molecule has 2 aromatic heterocycles. The molecule has 0 saturated heterocycles. The molecule has 0 amide bonds. The third kappa shape index (κ3) is 3.38. The molecule has 0 bridgehead atoms. The number of thiazole rings is 1. The van der Waals surface area contributed by atoms with Crippen LogP contribution < -0.4 is 5.32 Å². The summed E-state index contributed by atoms with van der Waals surface area (Å²) in [7, 11) is 0. The third-order valence-electron chi connectivity index (χ3n) is 2.17. The van der Waals surface area contributed by atoms with E-state index in [2.05, 4.69) is 20.3 Å². The molecule has 17 heavy (non-hydrogen) atoms. The minimum atomic E-state index is 0.466. The summed E-state index contributed by atoms with van der Waals surface area (Å²) in [6.07, 6.45) is 0.769. The molecule has 2 aromatic rings. The predicted octanol–water partition coefficient (Wildman–Crippen LogP) is 3.07. The van der Waals surface area contributed by atoms with E-state index >= 15 is 0 Å². The summed E-state index contributed by atoms with van der Waals surface area (Å²) in [6.45, 7) is 4.64. The number of nitrogens with zero attached hydrogens (tertiary/aromatic N) is 3. The van der Waals surface area contributed by atoms with Gasteiger partial charge in [0, 0.05) is 17.9 Å². The van der Waals surface area contributed by atoms with Gasteiger partial charge >= 0.3 is 0 Å². The van der Waals surface area contributed by atoms with Crippen molar-refractivity contribution in [1.29, 1.82) is 0 Å². The second kappa shape index (κ2) is 5.42. The van der Waals surface area contributed by atoms with Crippen LogP contribution in [0.2, 0.25) is 5.15 Å². The first-order valence-electron chi connectivity index (χ1n) is 5.35. The monoisotopic (exact) mass is 268 g/mol. The van der Waals surface area contributed by atoms with Gasteiger partial charge in [0.15, 0.2) is 0 Å². The Morgan fingerprint density at radius 2 is 2.18 bits per heavy atom. The Morgan fingerprint density at radius 1 is 1.35 bits per heavy atom. The number of nitrogens with one attached hydrogen (secondary N) is 1. The van der Waals surface area contributed by atoms with Crippen molar-refractivity contribution in [2.45, 2.75) is 26.8 Å². The van der Waals surface area contributed by atoms with Crippen molar-refractivity contribution >= 4 is 28.8 Å². The van der Waals surface area contributed by atoms with Gasteiger partial charge in [-0.05, 0) is 6.92 Å². The Balaban J connectivity index is 2.05. The fraction of sp³-hybridized carbons (Fsp3) is 0.364. The zero-order chi connectivity index (χ0) is 12.3. The normalized spacial score (nSPS) is 10.5. The lowest BCUT2D eigenvalue weighted by Crippen LogP contribution is -2.04. The second-order valence-corrected chi connectivity index (χ2v) is 5.01. The minimum Gasteiger partial charge on any atom is -0.364 e. The quantitative estimate of drug-likeness (QED) is 0.866. The molecule has 0 saturated carbocycles. The van der Waals surface area contributed by atoms with Gasteiger partial charge in [0.1, 0.15) is 16.8 Å². The molecule has 2 heterocycles. The van der Waals surface area contributed by atoms with Crippen LogP contribution >= 0.6 is 22.9 Å². The first-order chi connectivity index (χ1) is 8.17. The van der Waals surface area contributed by atoms with Crippen molar-refractivity contribution in [2.75, 3.05) is 5.32 Å². The Labute approximate surface area is 109 Å². The molecule has 0 spiro atoms. The molecule has 6 heteroatoms. The van der Waals surface area contributed by atoms with Crippen molar-refractivity contribution < 1.29 is 0 Å². The van der Waals surface area contributed by atoms with E-state index in [1.165, 1.54) is 0 Å². The lowest BCUT2D eigenvalue weighted by molar-refractivity contribution is 0.928. The standard InChI is InChI=1S/C11H13ClN4S/c1-3-10-15-9(12)4-11(16-10)13-5-8-6-17-7(2)14-8/h4,6H,3,5H2,1-2H3,(H,13,15,16). The lowest BCUT2D eigenvalue weighted by atomic mass is 10.4. The molecule has 0 radical (unpaired) electrons. The molecule has 0 atom stereocenters. The zero-order valence-electron chi connectivity index (χ0n) is 9.70. The number of aromatic nitrogens is 3. The van der Waals surface area contributed by atoms with Gasteiger partial charge in [-0.3, -0.25) is 0 Å². The van der Waals surface area contributed by atoms with Crippen LogP contribution in [0.15, 0.2) is 11.4 Å². The average Bonchev–Trinajstić information content (AvgIpc) is 2.72. The largest absolute Gasteiger partial charge is 0.364 e. The Bertz CT molecular complexity index is 512. The first-order valence-corrected chi connectivity index (χ1v) is 6.61. The van der Waals surface area contributed by atoms with Crippen LogP contribution in [-0.4, -0.2) is 15.0 Å². The minimum absolute atomic E-state index is 0.466. The van der Waals surface area contributed by atoms with Gasteiger partial charge in [-0.1, -0.05) is 18.5 Å². The van der Waals surface area contributed by atoms with Gasteiger partial charge in [0.2, 0.25) is 0 Å². The van der Waals surface area contributed by atoms with Crippen LogP contribution in [0, 0.1) is 6.92 Å². The lowest BCUT2D eigenvalue weighted by Gasteiger charge is -2.05. The molecular formula is C11H13ClN4S. The first kappa shape index (κ1) is 12.3. The van der Waals surface area contributed by atoms with Crippen molar-refractivity contribution in [3.05, 3.63) is 33.1 Å². The molecule has 0 aliphatic rings. The summed E-state index contributed by atoms with van der Waals surface area (Å²) in [4.78, 5) is 12.8. The smallest absolute Gasteiger partial charge is 0.134 e. The molecule has 0 unspecified atom stereocenters. The van der Waals surface area contributed by atoms with Gasteiger partial charge in [-0.2, -0.15) is 0 Å². The van der Waals surface area contributed by atoms with Gasteiger partial charge < -0.3 is 5.32 Å². The molecule has 0 aromatic carbocycles. The highest BCUT2D eigenvalue weighted by Gasteiger charge is 2.03. The number of halogens is 1. The molecule has 1 N–H and O–H groups in total. The number of rotatable bonds is 4. The molecule has 2 rings (SSSR count). The summed E-state index contributed by atoms with van der Waals surface area (Å²) in [5, 5.41) is 6.76. The van der Waals surface area contributed by atoms with Crippen molar-refractivity contribution in [3.8, 4) is 0 Å². The molecule has 4 nitrogen and oxygen atoms in total. The van der Waals surface area contributed by atoms with Crippen molar-refractivity contribution in [2.24, 2.45) is 0 Å². The summed E-state index contributed by atoms with van der Waals surface area (Å²) >= 11 is 7.55. The van der Waals surface area contributed by atoms with Crippen LogP contribution in [0.1, 0.15) is 23.4 Å². The van der Waals surface area contributed by atoms with E-state index in [1.54, 1.807) is 17.4 Å². The molecule has 0 fully saturated rings. The van der Waals surface area contributed by atoms with Gasteiger partial charge in [0.05, 0.1) is 17.2 Å². The van der Waals surface area contributed by atoms with Crippen LogP contribution in [0.4, 0.5) is 5.82 Å². The number of hydrogen-bond donors (Lipinski definition) is 1. The van der Waals surface area contributed by atoms with Crippen molar-refractivity contribution in [1.82, 2.24) is 15.0 Å². The number of anilines is 1. The Morgan fingerprint density at radius 3 is 2.82 bits per heavy atom. The van der Waals surface area contributed by atoms with Gasteiger partial charge in [-0.25, -0.2) is 15.0 Å². The second-order valence-electron chi connectivity index (χ2n) is 3.56. The van der Waals surface area contributed by atoms with Crippen LogP contribution in [0.3, 0.4) is 0 Å². The topological polar surface area (TPSA) is 50.7 Å². The fourth-order valence-electron chi connectivity index (χ4n) is 1.38. The summed E-state index contributed by atoms with van der Waals surface area (Å²) < 4.78 is 0. The third-order valence-corrected chi connectivity index (χ3v) is 3.19. The highest BCUT2D eigenvalue weighted by molar-refractivity contribution is 7.09. The number of aryl methyl sites for hydroxylation is 2. The maximum atomic E-state index is 5.91. The van der Waals surface area contributed by atoms with Gasteiger partial charge in [0.25, 0.3) is 0 Å². The number of hydrogen-bond acceptors (Lipinski definition) is 5. The average molecular weight is 269 g/mol. The summed E-state index contributed by atoms with van der Waals surface area (Å²) in [5.41, 5.74) is 1.01. The van der Waals surface area contributed by atoms with E-state index in [9.17, 15) is 0 Å². The van der Waals surface area contributed by atoms with E-state index in [0.29, 0.717) is 11.7 Å². The van der Waals surface area contributed by atoms with E-state index < -0.39 is 0 Å². The Hall–Kier alpha value is -1.20. The molecular weight excluding hydrogens is 256 g/mol. The van der Waals surface area contributed by atoms with Gasteiger partial charge in [-0.15, -0.1) is 11.3 Å². The summed E-state index contributed by atoms with van der Waals surface area (Å²) in [6, 6.07) is 1.72. The maximum absolute atomic E-state index is 5.91. The van der Waals surface area contributed by atoms with E-state index in [-0.39, 0.29) is 0 Å². The predicted molar refractivity (Wildman–Crippen MR) is 70.6 cm³/mol. The highest BCUT2D eigenvalue weighted by Crippen LogP contribution is 2.14. The van der Waals surface area contributed by atoms with Crippen LogP contribution in [0.25, 0.3) is 0 Å². The highest BCUT2D eigenvalue weighted by atomic mass is 35.5. The molecule has 0 aliphatic carbocycles. The van der Waals surface area contributed by atoms with Crippen LogP contribution in [-0.2, 0) is 13.0 Å². The maximum Gasteiger partial charge on any atom is 0.134 e. The summed E-state index contributed by atoms with van der Waals surface area (Å²) in [5.74, 6) is 1.49. The van der Waals surface area contributed by atoms with E-state index in [4.69, 9.17) is 11.6 Å². The van der Waals surface area contributed by atoms with Crippen molar-refractivity contribution in [3.63, 3.8) is 0 Å². The molecule has 90 valence electrons. The van der Waals surface area contributed by atoms with E-state index in [0.717, 1.165) is 28.8 Å².